The molecule has 0 saturated carbocycles. The number of nitrogens with one attached hydrogen (secondary N) is 1. The smallest absolute Gasteiger partial charge is 0.446 e. The molecule has 0 unspecified atom stereocenters. The Morgan fingerprint density at radius 1 is 0.706 bits per heavy atom. The summed E-state index contributed by atoms with van der Waals surface area (Å²) < 4.78 is 42.3. The largest absolute Gasteiger partial charge is 0.459 e. The summed E-state index contributed by atoms with van der Waals surface area (Å²) in [4.78, 5) is 109. The minimum atomic E-state index is -4.64. The summed E-state index contributed by atoms with van der Waals surface area (Å²) in [5.74, 6) is -2.18. The lowest BCUT2D eigenvalue weighted by Gasteiger charge is -2.34. The third-order valence-electron chi connectivity index (χ3n) is 11.7. The number of amides is 3. The predicted molar refractivity (Wildman–Crippen MR) is 246 cm³/mol. The number of esters is 2. The van der Waals surface area contributed by atoms with Crippen LogP contribution in [0.4, 0.5) is 13.2 Å². The van der Waals surface area contributed by atoms with Crippen molar-refractivity contribution in [2.24, 2.45) is 11.8 Å². The van der Waals surface area contributed by atoms with Gasteiger partial charge in [0.25, 0.3) is 11.1 Å². The van der Waals surface area contributed by atoms with Crippen LogP contribution in [0.3, 0.4) is 0 Å². The molecule has 0 aromatic heterocycles. The third-order valence-corrected chi connectivity index (χ3v) is 12.0. The Morgan fingerprint density at radius 3 is 1.53 bits per heavy atom. The number of rotatable bonds is 14. The van der Waals surface area contributed by atoms with Gasteiger partial charge in [-0.1, -0.05) is 95.8 Å². The van der Waals surface area contributed by atoms with Gasteiger partial charge in [0.1, 0.15) is 30.8 Å². The van der Waals surface area contributed by atoms with E-state index in [1.165, 1.54) is 11.8 Å². The molecular weight excluding hydrogens is 913 g/mol. The molecule has 6 rings (SSSR count). The van der Waals surface area contributed by atoms with Crippen LogP contribution in [0.15, 0.2) is 60.7 Å². The molecule has 4 saturated heterocycles. The number of nitrogens with zero attached hydrogens (tertiary/aromatic N) is 3. The maximum atomic E-state index is 13.5. The van der Waals surface area contributed by atoms with E-state index in [9.17, 15) is 51.5 Å². The van der Waals surface area contributed by atoms with Crippen molar-refractivity contribution in [3.8, 4) is 0 Å². The van der Waals surface area contributed by atoms with E-state index < -0.39 is 64.3 Å². The Morgan fingerprint density at radius 2 is 1.15 bits per heavy atom. The Kier molecular flexibility index (Phi) is 23.2. The van der Waals surface area contributed by atoms with Crippen LogP contribution in [0.25, 0.3) is 0 Å². The van der Waals surface area contributed by atoms with E-state index in [1.54, 1.807) is 9.80 Å². The summed E-state index contributed by atoms with van der Waals surface area (Å²) in [7, 11) is 0. The topological polar surface area (TPSA) is 194 Å². The number of Topliss-reactive ketones (excluding diaryl/α,β-unsaturated/α-hetero) is 2. The van der Waals surface area contributed by atoms with Gasteiger partial charge in [-0.2, -0.15) is 13.2 Å². The number of hydrogen-bond donors (Lipinski definition) is 1. The second kappa shape index (κ2) is 26.9. The van der Waals surface area contributed by atoms with Crippen molar-refractivity contribution in [3.05, 3.63) is 71.8 Å². The lowest BCUT2D eigenvalue weighted by molar-refractivity contribution is -0.159. The van der Waals surface area contributed by atoms with E-state index in [-0.39, 0.29) is 44.3 Å². The van der Waals surface area contributed by atoms with Gasteiger partial charge < -0.3 is 29.5 Å². The highest BCUT2D eigenvalue weighted by Gasteiger charge is 2.57. The molecule has 1 N–H and O–H groups in total. The predicted octanol–water partition coefficient (Wildman–Crippen LogP) is 6.55. The molecule has 4 aliphatic rings. The van der Waals surface area contributed by atoms with Gasteiger partial charge in [0, 0.05) is 33.5 Å². The molecule has 2 aromatic carbocycles. The molecule has 4 atom stereocenters. The monoisotopic (exact) mass is 978 g/mol. The van der Waals surface area contributed by atoms with Crippen LogP contribution in [0.1, 0.15) is 111 Å². The third kappa shape index (κ3) is 16.6. The normalized spacial score (nSPS) is 20.3. The fraction of sp³-hybridized carbons (Fsp3) is 0.571. The van der Waals surface area contributed by atoms with Gasteiger partial charge in [0.05, 0.1) is 5.54 Å². The number of halogens is 4. The van der Waals surface area contributed by atoms with Crippen LogP contribution in [0.2, 0.25) is 0 Å². The number of ether oxygens (including phenoxy) is 2. The van der Waals surface area contributed by atoms with E-state index in [1.807, 2.05) is 74.5 Å². The average molecular weight is 980 g/mol. The molecule has 3 amide bonds. The maximum absolute atomic E-state index is 13.5. The van der Waals surface area contributed by atoms with Crippen molar-refractivity contribution in [3.63, 3.8) is 0 Å². The highest BCUT2D eigenvalue weighted by molar-refractivity contribution is 6.80. The summed E-state index contributed by atoms with van der Waals surface area (Å²) in [6.45, 7) is 13.2. The molecule has 2 aromatic rings. The Labute approximate surface area is 401 Å². The van der Waals surface area contributed by atoms with E-state index in [0.29, 0.717) is 57.7 Å². The zero-order valence-corrected chi connectivity index (χ0v) is 39.7. The van der Waals surface area contributed by atoms with Gasteiger partial charge in [-0.25, -0.2) is 9.59 Å². The highest BCUT2D eigenvalue weighted by Crippen LogP contribution is 2.40. The van der Waals surface area contributed by atoms with Gasteiger partial charge in [0.2, 0.25) is 29.7 Å². The number of carbonyl (C=O) groups excluding carboxylic acids is 9. The van der Waals surface area contributed by atoms with Crippen molar-refractivity contribution >= 4 is 64.4 Å². The highest BCUT2D eigenvalue weighted by atomic mass is 35.5. The SMILES string of the molecule is C.CC(=O)C(=O)Cl.CC(=O)C(=O)N1CCC[C@]12CCN([C@H](CC(C)C)C(=O)OCc1ccccc1)C2=O.CC(C)C[C@H](C(=O)OCc1ccccc1)N1CC[C@]2(CCCN2)C1=O.O=CC(F)(F)F. The van der Waals surface area contributed by atoms with Crippen molar-refractivity contribution in [2.45, 2.75) is 143 Å². The molecule has 4 heterocycles. The number of carbonyl (C=O) groups is 9. The minimum Gasteiger partial charge on any atom is -0.459 e. The first-order chi connectivity index (χ1) is 31.5. The van der Waals surface area contributed by atoms with Gasteiger partial charge in [-0.3, -0.25) is 33.6 Å². The minimum absolute atomic E-state index is 0. The lowest BCUT2D eigenvalue weighted by atomic mass is 9.93. The van der Waals surface area contributed by atoms with E-state index in [2.05, 4.69) is 30.8 Å². The van der Waals surface area contributed by atoms with Crippen molar-refractivity contribution in [1.29, 1.82) is 0 Å². The van der Waals surface area contributed by atoms with Gasteiger partial charge in [-0.15, -0.1) is 0 Å². The Bertz CT molecular complexity index is 2040. The molecule has 68 heavy (non-hydrogen) atoms. The number of benzene rings is 2. The molecule has 0 radical (unpaired) electrons. The standard InChI is InChI=1S/C23H30N2O5.C20H28N2O3.C3H3ClO2.C2HF3O.CH4/c1-16(2)14-19(21(28)30-15-18-8-5-4-6-9-18)24-13-11-23(22(24)29)10-7-12-25(23)20(27)17(3)26;1-15(2)13-17(18(23)25-14-16-7-4-3-5-8-16)22-12-10-20(19(22)24)9-6-11-21-20;1-2(5)3(4)6;3-2(4,5)1-6;/h4-6,8-9,16,19H,7,10-15H2,1-3H3;3-5,7-8,15,17,21H,6,9-14H2,1-2H3;1H3;1H;1H4/t19-,23-;17-,20-;;;/m11.../s1. The molecule has 15 nitrogen and oxygen atoms in total. The quantitative estimate of drug-likeness (QED) is 0.0931. The van der Waals surface area contributed by atoms with Gasteiger partial charge in [-0.05, 0) is 92.5 Å². The first-order valence-electron chi connectivity index (χ1n) is 22.3. The summed E-state index contributed by atoms with van der Waals surface area (Å²) in [6.07, 6.45) is -0.278. The number of hydrogen-bond acceptors (Lipinski definition) is 12. The van der Waals surface area contributed by atoms with Crippen LogP contribution in [0, 0.1) is 11.8 Å². The molecule has 2 spiro atoms. The van der Waals surface area contributed by atoms with E-state index >= 15 is 0 Å². The first-order valence-corrected chi connectivity index (χ1v) is 22.7. The van der Waals surface area contributed by atoms with Crippen LogP contribution in [-0.4, -0.2) is 123 Å². The summed E-state index contributed by atoms with van der Waals surface area (Å²) in [5.41, 5.74) is 0.403. The number of alkyl halides is 3. The van der Waals surface area contributed by atoms with Gasteiger partial charge >= 0.3 is 18.1 Å². The van der Waals surface area contributed by atoms with E-state index in [4.69, 9.17) is 14.3 Å². The van der Waals surface area contributed by atoms with Crippen LogP contribution in [0.5, 0.6) is 0 Å². The number of likely N-dealkylation sites (tertiary alicyclic amines) is 3. The zero-order chi connectivity index (χ0) is 50.1. The van der Waals surface area contributed by atoms with Crippen LogP contribution >= 0.6 is 11.6 Å². The Hall–Kier alpha value is -5.49. The molecular formula is C49H66ClF3N4O11. The molecule has 0 bridgehead atoms. The second-order valence-electron chi connectivity index (χ2n) is 17.7. The fourth-order valence-electron chi connectivity index (χ4n) is 8.46. The summed E-state index contributed by atoms with van der Waals surface area (Å²) in [5, 5.41) is 2.47. The molecule has 4 fully saturated rings. The molecule has 0 aliphatic carbocycles. The number of ketones is 2. The van der Waals surface area contributed by atoms with Crippen molar-refractivity contribution in [2.75, 3.05) is 26.2 Å². The van der Waals surface area contributed by atoms with Crippen LogP contribution in [-0.2, 0) is 65.8 Å². The molecule has 376 valence electrons. The lowest BCUT2D eigenvalue weighted by Crippen LogP contribution is -2.56. The maximum Gasteiger partial charge on any atom is 0.446 e. The van der Waals surface area contributed by atoms with Crippen molar-refractivity contribution < 1.29 is 65.8 Å². The second-order valence-corrected chi connectivity index (χ2v) is 18.1. The first kappa shape index (κ1) is 58.6. The zero-order valence-electron chi connectivity index (χ0n) is 38.9. The van der Waals surface area contributed by atoms with Gasteiger partial charge in [0.15, 0.2) is 0 Å². The van der Waals surface area contributed by atoms with E-state index in [0.717, 1.165) is 43.9 Å². The van der Waals surface area contributed by atoms with Crippen LogP contribution < -0.4 is 5.32 Å². The molecule has 4 aliphatic heterocycles. The fourth-order valence-corrected chi connectivity index (χ4v) is 8.46. The van der Waals surface area contributed by atoms with Crippen molar-refractivity contribution in [1.82, 2.24) is 20.0 Å². The summed E-state index contributed by atoms with van der Waals surface area (Å²) in [6, 6.07) is 17.9. The number of aldehydes is 1. The average Bonchev–Trinajstić information content (AvgIpc) is 4.09. The summed E-state index contributed by atoms with van der Waals surface area (Å²) >= 11 is 4.62. The Balaban J connectivity index is 0.000000375. The molecule has 19 heteroatoms.